The first-order valence-corrected chi connectivity index (χ1v) is 21.6. The molecule has 0 saturated heterocycles. The molecule has 0 atom stereocenters. The van der Waals surface area contributed by atoms with Crippen molar-refractivity contribution in [1.29, 1.82) is 0 Å². The van der Waals surface area contributed by atoms with Gasteiger partial charge in [-0.3, -0.25) is 0 Å². The fraction of sp³-hybridized carbons (Fsp3) is 0. The van der Waals surface area contributed by atoms with Gasteiger partial charge in [0.1, 0.15) is 0 Å². The number of anilines is 3. The predicted octanol–water partition coefficient (Wildman–Crippen LogP) is 16.8. The maximum absolute atomic E-state index is 2.39. The van der Waals surface area contributed by atoms with Crippen molar-refractivity contribution in [3.63, 3.8) is 0 Å². The first kappa shape index (κ1) is 35.2. The molecular formula is C58H38N2S. The van der Waals surface area contributed by atoms with Gasteiger partial charge >= 0.3 is 0 Å². The average Bonchev–Trinajstić information content (AvgIpc) is 3.88. The Morgan fingerprint density at radius 1 is 0.328 bits per heavy atom. The van der Waals surface area contributed by atoms with Gasteiger partial charge in [-0.2, -0.15) is 0 Å². The molecule has 0 radical (unpaired) electrons. The van der Waals surface area contributed by atoms with Crippen molar-refractivity contribution in [2.75, 3.05) is 4.90 Å². The van der Waals surface area contributed by atoms with E-state index in [4.69, 9.17) is 0 Å². The number of fused-ring (bicyclic) bond motifs is 7. The van der Waals surface area contributed by atoms with Gasteiger partial charge in [0.15, 0.2) is 0 Å². The average molecular weight is 795 g/mol. The Balaban J connectivity index is 0.990. The summed E-state index contributed by atoms with van der Waals surface area (Å²) in [6.45, 7) is 0. The maximum Gasteiger partial charge on any atom is 0.0541 e. The zero-order valence-electron chi connectivity index (χ0n) is 33.2. The highest BCUT2D eigenvalue weighted by Gasteiger charge is 2.18. The number of aromatic nitrogens is 1. The summed E-state index contributed by atoms with van der Waals surface area (Å²) in [6, 6.07) is 84.2. The Morgan fingerprint density at radius 2 is 0.885 bits per heavy atom. The van der Waals surface area contributed by atoms with Crippen LogP contribution in [0.3, 0.4) is 0 Å². The third-order valence-corrected chi connectivity index (χ3v) is 13.3. The number of benzene rings is 10. The summed E-state index contributed by atoms with van der Waals surface area (Å²) in [6.07, 6.45) is 0. The summed E-state index contributed by atoms with van der Waals surface area (Å²) in [5, 5.41) is 7.65. The molecule has 10 aromatic carbocycles. The van der Waals surface area contributed by atoms with E-state index >= 15 is 0 Å². The Kier molecular flexibility index (Phi) is 8.39. The fourth-order valence-electron chi connectivity index (χ4n) is 9.36. The first-order chi connectivity index (χ1) is 30.2. The Labute approximate surface area is 358 Å². The smallest absolute Gasteiger partial charge is 0.0541 e. The minimum absolute atomic E-state index is 1.09. The molecule has 2 nitrogen and oxygen atoms in total. The molecular weight excluding hydrogens is 757 g/mol. The number of thiophene rings is 1. The van der Waals surface area contributed by atoms with E-state index in [1.54, 1.807) is 0 Å². The molecule has 0 amide bonds. The minimum Gasteiger partial charge on any atom is -0.310 e. The van der Waals surface area contributed by atoms with E-state index in [-0.39, 0.29) is 0 Å². The van der Waals surface area contributed by atoms with Crippen LogP contribution in [0.15, 0.2) is 231 Å². The number of nitrogens with zero attached hydrogens (tertiary/aromatic N) is 2. The van der Waals surface area contributed by atoms with Crippen LogP contribution in [-0.2, 0) is 0 Å². The van der Waals surface area contributed by atoms with Gasteiger partial charge < -0.3 is 9.47 Å². The van der Waals surface area contributed by atoms with Crippen LogP contribution in [0.5, 0.6) is 0 Å². The molecule has 0 N–H and O–H groups in total. The van der Waals surface area contributed by atoms with Crippen molar-refractivity contribution in [2.45, 2.75) is 0 Å². The van der Waals surface area contributed by atoms with Gasteiger partial charge in [0.25, 0.3) is 0 Å². The van der Waals surface area contributed by atoms with Gasteiger partial charge in [0, 0.05) is 53.7 Å². The highest BCUT2D eigenvalue weighted by atomic mass is 32.1. The zero-order chi connectivity index (χ0) is 40.3. The predicted molar refractivity (Wildman–Crippen MR) is 262 cm³/mol. The first-order valence-electron chi connectivity index (χ1n) is 20.8. The largest absolute Gasteiger partial charge is 0.310 e. The second-order valence-electron chi connectivity index (χ2n) is 15.7. The normalized spacial score (nSPS) is 11.6. The molecule has 3 heteroatoms. The van der Waals surface area contributed by atoms with Gasteiger partial charge in [0.2, 0.25) is 0 Å². The van der Waals surface area contributed by atoms with Crippen LogP contribution >= 0.6 is 11.3 Å². The van der Waals surface area contributed by atoms with Gasteiger partial charge in [0.05, 0.1) is 11.0 Å². The van der Waals surface area contributed by atoms with E-state index < -0.39 is 0 Å². The van der Waals surface area contributed by atoms with Crippen LogP contribution in [0.4, 0.5) is 17.1 Å². The van der Waals surface area contributed by atoms with Gasteiger partial charge in [-0.05, 0) is 117 Å². The van der Waals surface area contributed by atoms with Gasteiger partial charge in [-0.25, -0.2) is 0 Å². The van der Waals surface area contributed by atoms with Crippen LogP contribution in [0.25, 0.3) is 91.8 Å². The molecule has 61 heavy (non-hydrogen) atoms. The van der Waals surface area contributed by atoms with Crippen molar-refractivity contribution in [1.82, 2.24) is 4.57 Å². The lowest BCUT2D eigenvalue weighted by Crippen LogP contribution is -2.10. The SMILES string of the molecule is c1ccc(-c2cccc3cccc(-c4cccc(N(c5ccc(-c6ccc7c(c6)sc6ccccc67)cc5)c5ccc(-n6c7ccccc7c7ccccc76)cc5)c4)c23)cc1. The second-order valence-corrected chi connectivity index (χ2v) is 16.8. The topological polar surface area (TPSA) is 8.17 Å². The van der Waals surface area contributed by atoms with E-state index in [1.807, 2.05) is 11.3 Å². The zero-order valence-corrected chi connectivity index (χ0v) is 34.1. The van der Waals surface area contributed by atoms with Crippen LogP contribution in [-0.4, -0.2) is 4.57 Å². The molecule has 0 aliphatic rings. The number of hydrogen-bond donors (Lipinski definition) is 0. The third-order valence-electron chi connectivity index (χ3n) is 12.2. The van der Waals surface area contributed by atoms with Crippen molar-refractivity contribution in [3.05, 3.63) is 231 Å². The Morgan fingerprint density at radius 3 is 1.61 bits per heavy atom. The summed E-state index contributed by atoms with van der Waals surface area (Å²) in [5.74, 6) is 0. The lowest BCUT2D eigenvalue weighted by atomic mass is 9.91. The van der Waals surface area contributed by atoms with Crippen molar-refractivity contribution >= 4 is 81.1 Å². The number of hydrogen-bond acceptors (Lipinski definition) is 2. The molecule has 0 unspecified atom stereocenters. The Bertz CT molecular complexity index is 3520. The van der Waals surface area contributed by atoms with Crippen LogP contribution < -0.4 is 4.90 Å². The van der Waals surface area contributed by atoms with Gasteiger partial charge in [-0.1, -0.05) is 158 Å². The summed E-state index contributed by atoms with van der Waals surface area (Å²) in [7, 11) is 0. The molecule has 2 aromatic heterocycles. The molecule has 0 saturated carbocycles. The van der Waals surface area contributed by atoms with Crippen molar-refractivity contribution in [2.24, 2.45) is 0 Å². The number of rotatable bonds is 7. The molecule has 0 aliphatic heterocycles. The summed E-state index contributed by atoms with van der Waals surface area (Å²) < 4.78 is 5.02. The molecule has 0 bridgehead atoms. The fourth-order valence-corrected chi connectivity index (χ4v) is 10.5. The van der Waals surface area contributed by atoms with Crippen LogP contribution in [0.2, 0.25) is 0 Å². The maximum atomic E-state index is 2.39. The molecule has 12 aromatic rings. The molecule has 0 fully saturated rings. The lowest BCUT2D eigenvalue weighted by molar-refractivity contribution is 1.17. The third kappa shape index (κ3) is 6.01. The van der Waals surface area contributed by atoms with E-state index in [0.717, 1.165) is 22.7 Å². The van der Waals surface area contributed by atoms with Crippen LogP contribution in [0.1, 0.15) is 0 Å². The summed E-state index contributed by atoms with van der Waals surface area (Å²) >= 11 is 1.86. The molecule has 2 heterocycles. The molecule has 0 aliphatic carbocycles. The molecule has 0 spiro atoms. The highest BCUT2D eigenvalue weighted by Crippen LogP contribution is 2.42. The second kappa shape index (κ2) is 14.5. The Hall–Kier alpha value is -7.72. The number of para-hydroxylation sites is 2. The monoisotopic (exact) mass is 794 g/mol. The standard InChI is InChI=1S/C58H38N2S/c1-2-13-40(14-3-1)48-22-11-15-41-16-12-23-49(58(41)48)43-17-10-18-47(37-43)59(44-30-27-39(28-31-44)42-29-36-53-52-21-6-9-26-56(52)61-57(53)38-42)45-32-34-46(35-33-45)60-54-24-7-4-19-50(54)51-20-5-8-25-55(51)60/h1-38H. The quantitative estimate of drug-likeness (QED) is 0.156. The van der Waals surface area contributed by atoms with Gasteiger partial charge in [-0.15, -0.1) is 11.3 Å². The molecule has 286 valence electrons. The van der Waals surface area contributed by atoms with Crippen LogP contribution in [0, 0.1) is 0 Å². The summed E-state index contributed by atoms with van der Waals surface area (Å²) in [4.78, 5) is 2.39. The lowest BCUT2D eigenvalue weighted by Gasteiger charge is -2.27. The van der Waals surface area contributed by atoms with E-state index in [1.165, 1.54) is 86.1 Å². The van der Waals surface area contributed by atoms with E-state index in [0.29, 0.717) is 0 Å². The highest BCUT2D eigenvalue weighted by molar-refractivity contribution is 7.25. The van der Waals surface area contributed by atoms with Crippen molar-refractivity contribution < 1.29 is 0 Å². The van der Waals surface area contributed by atoms with E-state index in [9.17, 15) is 0 Å². The molecule has 12 rings (SSSR count). The minimum atomic E-state index is 1.09. The van der Waals surface area contributed by atoms with E-state index in [2.05, 4.69) is 240 Å². The van der Waals surface area contributed by atoms with Crippen molar-refractivity contribution in [3.8, 4) is 39.1 Å². The summed E-state index contributed by atoms with van der Waals surface area (Å²) in [5.41, 5.74) is 14.1.